The predicted molar refractivity (Wildman–Crippen MR) is 94.6 cm³/mol. The third-order valence-electron chi connectivity index (χ3n) is 5.17. The first kappa shape index (κ1) is 15.3. The van der Waals surface area contributed by atoms with Crippen molar-refractivity contribution >= 4 is 11.9 Å². The Labute approximate surface area is 142 Å². The molecular weight excluding hydrogens is 300 g/mol. The van der Waals surface area contributed by atoms with Crippen LogP contribution in [0.15, 0.2) is 18.5 Å². The number of hydrogen-bond donors (Lipinski definition) is 1. The van der Waals surface area contributed by atoms with Crippen LogP contribution in [0, 0.1) is 5.92 Å². The normalized spacial score (nSPS) is 18.0. The first-order valence-corrected chi connectivity index (χ1v) is 8.88. The highest BCUT2D eigenvalue weighted by Gasteiger charge is 2.25. The highest BCUT2D eigenvalue weighted by atomic mass is 15.3. The zero-order chi connectivity index (χ0) is 16.5. The lowest BCUT2D eigenvalue weighted by Gasteiger charge is -2.24. The molecule has 0 amide bonds. The Morgan fingerprint density at radius 3 is 2.67 bits per heavy atom. The molecule has 2 aliphatic rings. The molecule has 0 aromatic carbocycles. The Hall–Kier alpha value is -2.24. The SMILES string of the molecule is CN(c1nccc(-c2cnc(N)nc2CC2CC2)n1)C1CCCC1. The van der Waals surface area contributed by atoms with Crippen LogP contribution in [0.3, 0.4) is 0 Å². The van der Waals surface area contributed by atoms with Crippen LogP contribution in [0.4, 0.5) is 11.9 Å². The standard InChI is InChI=1S/C18H24N6/c1-24(13-4-2-3-5-13)18-20-9-8-15(23-18)14-11-21-17(19)22-16(14)10-12-6-7-12/h8-9,11-13H,2-7,10H2,1H3,(H2,19,21,22). The van der Waals surface area contributed by atoms with E-state index in [9.17, 15) is 0 Å². The topological polar surface area (TPSA) is 80.8 Å². The summed E-state index contributed by atoms with van der Waals surface area (Å²) < 4.78 is 0. The van der Waals surface area contributed by atoms with E-state index in [1.807, 2.05) is 18.5 Å². The summed E-state index contributed by atoms with van der Waals surface area (Å²) in [7, 11) is 2.10. The predicted octanol–water partition coefficient (Wildman–Crippen LogP) is 2.85. The molecule has 2 heterocycles. The lowest BCUT2D eigenvalue weighted by Crippen LogP contribution is -2.30. The van der Waals surface area contributed by atoms with Gasteiger partial charge >= 0.3 is 0 Å². The van der Waals surface area contributed by atoms with Gasteiger partial charge in [0.1, 0.15) is 0 Å². The minimum absolute atomic E-state index is 0.340. The van der Waals surface area contributed by atoms with Gasteiger partial charge in [-0.15, -0.1) is 0 Å². The lowest BCUT2D eigenvalue weighted by atomic mass is 10.1. The van der Waals surface area contributed by atoms with Crippen LogP contribution in [-0.4, -0.2) is 33.0 Å². The minimum atomic E-state index is 0.340. The van der Waals surface area contributed by atoms with E-state index in [0.29, 0.717) is 12.0 Å². The van der Waals surface area contributed by atoms with Gasteiger partial charge in [-0.1, -0.05) is 12.8 Å². The molecule has 6 nitrogen and oxygen atoms in total. The van der Waals surface area contributed by atoms with Crippen LogP contribution in [0.2, 0.25) is 0 Å². The van der Waals surface area contributed by atoms with Crippen molar-refractivity contribution < 1.29 is 0 Å². The van der Waals surface area contributed by atoms with Crippen LogP contribution in [0.5, 0.6) is 0 Å². The molecule has 24 heavy (non-hydrogen) atoms. The molecular formula is C18H24N6. The van der Waals surface area contributed by atoms with Crippen molar-refractivity contribution in [3.8, 4) is 11.3 Å². The van der Waals surface area contributed by atoms with Gasteiger partial charge in [0.2, 0.25) is 11.9 Å². The van der Waals surface area contributed by atoms with Gasteiger partial charge in [0.05, 0.1) is 11.4 Å². The number of rotatable bonds is 5. The summed E-state index contributed by atoms with van der Waals surface area (Å²) in [6.45, 7) is 0. The summed E-state index contributed by atoms with van der Waals surface area (Å²) >= 11 is 0. The average Bonchev–Trinajstić information content (AvgIpc) is 3.24. The van der Waals surface area contributed by atoms with E-state index in [1.54, 1.807) is 0 Å². The maximum atomic E-state index is 5.80. The van der Waals surface area contributed by atoms with Gasteiger partial charge in [-0.25, -0.2) is 19.9 Å². The second-order valence-corrected chi connectivity index (χ2v) is 7.03. The summed E-state index contributed by atoms with van der Waals surface area (Å²) in [6, 6.07) is 2.49. The minimum Gasteiger partial charge on any atom is -0.368 e. The molecule has 0 aliphatic heterocycles. The maximum absolute atomic E-state index is 5.80. The molecule has 2 aromatic rings. The van der Waals surface area contributed by atoms with Gasteiger partial charge in [-0.05, 0) is 44.1 Å². The molecule has 2 saturated carbocycles. The first-order valence-electron chi connectivity index (χ1n) is 8.88. The summed E-state index contributed by atoms with van der Waals surface area (Å²) in [5.41, 5.74) is 8.69. The number of aromatic nitrogens is 4. The highest BCUT2D eigenvalue weighted by Crippen LogP contribution is 2.35. The van der Waals surface area contributed by atoms with Crippen molar-refractivity contribution in [1.29, 1.82) is 0 Å². The van der Waals surface area contributed by atoms with Crippen LogP contribution in [0.25, 0.3) is 11.3 Å². The molecule has 4 rings (SSSR count). The van der Waals surface area contributed by atoms with Crippen molar-refractivity contribution in [2.24, 2.45) is 5.92 Å². The smallest absolute Gasteiger partial charge is 0.225 e. The van der Waals surface area contributed by atoms with Gasteiger partial charge in [0.25, 0.3) is 0 Å². The summed E-state index contributed by atoms with van der Waals surface area (Å²) in [5.74, 6) is 1.86. The van der Waals surface area contributed by atoms with Crippen molar-refractivity contribution in [3.05, 3.63) is 24.2 Å². The van der Waals surface area contributed by atoms with Gasteiger partial charge in [-0.3, -0.25) is 0 Å². The summed E-state index contributed by atoms with van der Waals surface area (Å²) in [4.78, 5) is 20.2. The zero-order valence-electron chi connectivity index (χ0n) is 14.1. The van der Waals surface area contributed by atoms with Crippen LogP contribution in [0.1, 0.15) is 44.2 Å². The molecule has 2 N–H and O–H groups in total. The average molecular weight is 324 g/mol. The van der Waals surface area contributed by atoms with E-state index < -0.39 is 0 Å². The van der Waals surface area contributed by atoms with Gasteiger partial charge in [0, 0.05) is 31.0 Å². The molecule has 0 unspecified atom stereocenters. The van der Waals surface area contributed by atoms with E-state index in [-0.39, 0.29) is 0 Å². The van der Waals surface area contributed by atoms with Crippen molar-refractivity contribution in [2.75, 3.05) is 17.7 Å². The zero-order valence-corrected chi connectivity index (χ0v) is 14.1. The molecule has 2 aliphatic carbocycles. The monoisotopic (exact) mass is 324 g/mol. The first-order chi connectivity index (χ1) is 11.7. The summed E-state index contributed by atoms with van der Waals surface area (Å²) in [5, 5.41) is 0. The largest absolute Gasteiger partial charge is 0.368 e. The van der Waals surface area contributed by atoms with Crippen molar-refractivity contribution in [1.82, 2.24) is 19.9 Å². The van der Waals surface area contributed by atoms with Crippen LogP contribution in [-0.2, 0) is 6.42 Å². The highest BCUT2D eigenvalue weighted by molar-refractivity contribution is 5.62. The third-order valence-corrected chi connectivity index (χ3v) is 5.17. The van der Waals surface area contributed by atoms with Gasteiger partial charge < -0.3 is 10.6 Å². The Morgan fingerprint density at radius 2 is 1.92 bits per heavy atom. The number of anilines is 2. The number of hydrogen-bond acceptors (Lipinski definition) is 6. The van der Waals surface area contributed by atoms with Crippen molar-refractivity contribution in [3.63, 3.8) is 0 Å². The Kier molecular flexibility index (Phi) is 4.04. The molecule has 2 fully saturated rings. The van der Waals surface area contributed by atoms with Crippen LogP contribution >= 0.6 is 0 Å². The van der Waals surface area contributed by atoms with E-state index in [4.69, 9.17) is 10.7 Å². The Bertz CT molecular complexity index is 721. The van der Waals surface area contributed by atoms with E-state index in [0.717, 1.165) is 35.2 Å². The lowest BCUT2D eigenvalue weighted by molar-refractivity contribution is 0.638. The van der Waals surface area contributed by atoms with E-state index >= 15 is 0 Å². The molecule has 0 bridgehead atoms. The molecule has 0 radical (unpaired) electrons. The second-order valence-electron chi connectivity index (χ2n) is 7.03. The Morgan fingerprint density at radius 1 is 1.12 bits per heavy atom. The third kappa shape index (κ3) is 3.18. The molecule has 0 spiro atoms. The fourth-order valence-electron chi connectivity index (χ4n) is 3.52. The molecule has 126 valence electrons. The molecule has 0 saturated heterocycles. The number of nitrogens with zero attached hydrogens (tertiary/aromatic N) is 5. The molecule has 0 atom stereocenters. The van der Waals surface area contributed by atoms with Crippen LogP contribution < -0.4 is 10.6 Å². The van der Waals surface area contributed by atoms with E-state index in [1.165, 1.54) is 38.5 Å². The number of nitrogens with two attached hydrogens (primary N) is 1. The number of nitrogen functional groups attached to an aromatic ring is 1. The van der Waals surface area contributed by atoms with E-state index in [2.05, 4.69) is 26.9 Å². The van der Waals surface area contributed by atoms with Gasteiger partial charge in [0.15, 0.2) is 0 Å². The summed E-state index contributed by atoms with van der Waals surface area (Å²) in [6.07, 6.45) is 12.2. The molecule has 6 heteroatoms. The Balaban J connectivity index is 1.65. The fraction of sp³-hybridized carbons (Fsp3) is 0.556. The van der Waals surface area contributed by atoms with Gasteiger partial charge in [-0.2, -0.15) is 0 Å². The second kappa shape index (κ2) is 6.34. The maximum Gasteiger partial charge on any atom is 0.225 e. The molecule has 2 aromatic heterocycles. The fourth-order valence-corrected chi connectivity index (χ4v) is 3.52. The van der Waals surface area contributed by atoms with Crippen molar-refractivity contribution in [2.45, 2.75) is 51.0 Å². The quantitative estimate of drug-likeness (QED) is 0.911.